The topological polar surface area (TPSA) is 45.2 Å². The number of nitrogens with one attached hydrogen (secondary N) is 1. The van der Waals surface area contributed by atoms with Crippen molar-refractivity contribution in [3.63, 3.8) is 0 Å². The minimum Gasteiger partial charge on any atom is -0.348 e. The minimum atomic E-state index is -0.237. The Kier molecular flexibility index (Phi) is 4.83. The standard InChI is InChI=1S/C21H22FN3OS/c1-13-3-5-17(11-14(13)2)23-20(26)15-7-9-25(10-8-15)21-24-18-6-4-16(22)12-19(18)27-21/h3-6,11-12,15H,7-10H2,1-2H3,(H,23,26). The Morgan fingerprint density at radius 1 is 1.15 bits per heavy atom. The van der Waals surface area contributed by atoms with E-state index in [2.05, 4.69) is 22.1 Å². The number of carbonyl (C=O) groups is 1. The van der Waals surface area contributed by atoms with Gasteiger partial charge in [0.1, 0.15) is 5.82 Å². The van der Waals surface area contributed by atoms with Gasteiger partial charge < -0.3 is 10.2 Å². The molecule has 1 N–H and O–H groups in total. The van der Waals surface area contributed by atoms with Gasteiger partial charge in [0.25, 0.3) is 0 Å². The fourth-order valence-corrected chi connectivity index (χ4v) is 4.46. The van der Waals surface area contributed by atoms with E-state index in [-0.39, 0.29) is 17.6 Å². The fraction of sp³-hybridized carbons (Fsp3) is 0.333. The van der Waals surface area contributed by atoms with Crippen molar-refractivity contribution in [2.24, 2.45) is 5.92 Å². The SMILES string of the molecule is Cc1ccc(NC(=O)C2CCN(c3nc4ccc(F)cc4s3)CC2)cc1C. The first-order valence-corrected chi connectivity index (χ1v) is 10.0. The molecule has 0 bridgehead atoms. The first-order valence-electron chi connectivity index (χ1n) is 9.19. The molecule has 0 atom stereocenters. The summed E-state index contributed by atoms with van der Waals surface area (Å²) >= 11 is 1.51. The summed E-state index contributed by atoms with van der Waals surface area (Å²) in [5, 5.41) is 3.96. The maximum absolute atomic E-state index is 13.4. The minimum absolute atomic E-state index is 0.00896. The van der Waals surface area contributed by atoms with Crippen molar-refractivity contribution in [2.75, 3.05) is 23.3 Å². The molecule has 27 heavy (non-hydrogen) atoms. The van der Waals surface area contributed by atoms with Crippen LogP contribution in [0.2, 0.25) is 0 Å². The molecule has 1 aliphatic heterocycles. The van der Waals surface area contributed by atoms with Crippen LogP contribution < -0.4 is 10.2 Å². The van der Waals surface area contributed by atoms with Crippen LogP contribution in [0.4, 0.5) is 15.2 Å². The molecular weight excluding hydrogens is 361 g/mol. The molecule has 1 fully saturated rings. The van der Waals surface area contributed by atoms with Crippen LogP contribution >= 0.6 is 11.3 Å². The number of rotatable bonds is 3. The molecule has 0 radical (unpaired) electrons. The molecule has 4 rings (SSSR count). The predicted octanol–water partition coefficient (Wildman–Crippen LogP) is 4.91. The highest BCUT2D eigenvalue weighted by atomic mass is 32.1. The Hall–Kier alpha value is -2.47. The molecule has 1 amide bonds. The number of hydrogen-bond acceptors (Lipinski definition) is 4. The summed E-state index contributed by atoms with van der Waals surface area (Å²) < 4.78 is 14.2. The summed E-state index contributed by atoms with van der Waals surface area (Å²) in [6.45, 7) is 5.68. The molecule has 1 saturated heterocycles. The number of amides is 1. The third-order valence-corrected chi connectivity index (χ3v) is 6.33. The normalized spacial score (nSPS) is 15.3. The van der Waals surface area contributed by atoms with E-state index in [4.69, 9.17) is 0 Å². The second-order valence-corrected chi connectivity index (χ2v) is 8.17. The fourth-order valence-electron chi connectivity index (χ4n) is 3.42. The van der Waals surface area contributed by atoms with Gasteiger partial charge in [0.05, 0.1) is 10.2 Å². The Balaban J connectivity index is 1.38. The van der Waals surface area contributed by atoms with Crippen molar-refractivity contribution in [2.45, 2.75) is 26.7 Å². The maximum Gasteiger partial charge on any atom is 0.227 e. The van der Waals surface area contributed by atoms with Gasteiger partial charge in [-0.25, -0.2) is 9.37 Å². The second-order valence-electron chi connectivity index (χ2n) is 7.16. The lowest BCUT2D eigenvalue weighted by Crippen LogP contribution is -2.38. The zero-order valence-corrected chi connectivity index (χ0v) is 16.3. The third kappa shape index (κ3) is 3.81. The molecule has 0 saturated carbocycles. The van der Waals surface area contributed by atoms with E-state index in [0.717, 1.165) is 47.0 Å². The summed E-state index contributed by atoms with van der Waals surface area (Å²) in [6, 6.07) is 10.7. The molecule has 0 unspecified atom stereocenters. The van der Waals surface area contributed by atoms with Crippen LogP contribution in [0, 0.1) is 25.6 Å². The number of piperidine rings is 1. The molecule has 0 aliphatic carbocycles. The van der Waals surface area contributed by atoms with Crippen LogP contribution in [-0.4, -0.2) is 24.0 Å². The van der Waals surface area contributed by atoms with Crippen molar-refractivity contribution in [3.8, 4) is 0 Å². The van der Waals surface area contributed by atoms with E-state index in [1.807, 2.05) is 25.1 Å². The van der Waals surface area contributed by atoms with Gasteiger partial charge in [0.15, 0.2) is 5.13 Å². The van der Waals surface area contributed by atoms with Crippen LogP contribution in [0.15, 0.2) is 36.4 Å². The largest absolute Gasteiger partial charge is 0.348 e. The lowest BCUT2D eigenvalue weighted by molar-refractivity contribution is -0.120. The summed E-state index contributed by atoms with van der Waals surface area (Å²) in [7, 11) is 0. The Morgan fingerprint density at radius 2 is 1.93 bits per heavy atom. The van der Waals surface area contributed by atoms with E-state index in [9.17, 15) is 9.18 Å². The number of aromatic nitrogens is 1. The number of halogens is 1. The van der Waals surface area contributed by atoms with Crippen LogP contribution in [-0.2, 0) is 4.79 Å². The average molecular weight is 383 g/mol. The number of benzene rings is 2. The molecule has 140 valence electrons. The zero-order valence-electron chi connectivity index (χ0n) is 15.5. The van der Waals surface area contributed by atoms with Crippen molar-refractivity contribution in [1.29, 1.82) is 0 Å². The number of thiazole rings is 1. The molecule has 0 spiro atoms. The summed E-state index contributed by atoms with van der Waals surface area (Å²) in [5.41, 5.74) is 4.08. The van der Waals surface area contributed by atoms with Gasteiger partial charge in [-0.05, 0) is 68.1 Å². The number of carbonyl (C=O) groups excluding carboxylic acids is 1. The van der Waals surface area contributed by atoms with Crippen molar-refractivity contribution in [1.82, 2.24) is 4.98 Å². The van der Waals surface area contributed by atoms with Gasteiger partial charge in [-0.15, -0.1) is 0 Å². The molecule has 2 aromatic carbocycles. The first-order chi connectivity index (χ1) is 13.0. The number of aryl methyl sites for hydroxylation is 2. The van der Waals surface area contributed by atoms with Crippen molar-refractivity contribution in [3.05, 3.63) is 53.3 Å². The van der Waals surface area contributed by atoms with Gasteiger partial charge in [0.2, 0.25) is 5.91 Å². The zero-order chi connectivity index (χ0) is 19.0. The van der Waals surface area contributed by atoms with Gasteiger partial charge in [-0.2, -0.15) is 0 Å². The highest BCUT2D eigenvalue weighted by molar-refractivity contribution is 7.22. The molecular formula is C21H22FN3OS. The maximum atomic E-state index is 13.4. The van der Waals surface area contributed by atoms with Gasteiger partial charge in [-0.1, -0.05) is 17.4 Å². The van der Waals surface area contributed by atoms with Gasteiger partial charge >= 0.3 is 0 Å². The lowest BCUT2D eigenvalue weighted by atomic mass is 9.96. The lowest BCUT2D eigenvalue weighted by Gasteiger charge is -2.31. The molecule has 2 heterocycles. The number of fused-ring (bicyclic) bond motifs is 1. The van der Waals surface area contributed by atoms with Crippen LogP contribution in [0.1, 0.15) is 24.0 Å². The number of nitrogens with zero attached hydrogens (tertiary/aromatic N) is 2. The molecule has 1 aliphatic rings. The predicted molar refractivity (Wildman–Crippen MR) is 109 cm³/mol. The summed E-state index contributed by atoms with van der Waals surface area (Å²) in [4.78, 5) is 19.4. The Bertz CT molecular complexity index is 992. The Labute approximate surface area is 162 Å². The highest BCUT2D eigenvalue weighted by Crippen LogP contribution is 2.32. The van der Waals surface area contributed by atoms with E-state index in [0.29, 0.717) is 0 Å². The molecule has 4 nitrogen and oxygen atoms in total. The Morgan fingerprint density at radius 3 is 2.67 bits per heavy atom. The third-order valence-electron chi connectivity index (χ3n) is 5.25. The average Bonchev–Trinajstić information content (AvgIpc) is 3.08. The van der Waals surface area contributed by atoms with Crippen LogP contribution in [0.25, 0.3) is 10.2 Å². The van der Waals surface area contributed by atoms with E-state index in [1.165, 1.54) is 34.6 Å². The second kappa shape index (κ2) is 7.27. The van der Waals surface area contributed by atoms with E-state index >= 15 is 0 Å². The van der Waals surface area contributed by atoms with Crippen molar-refractivity contribution < 1.29 is 9.18 Å². The van der Waals surface area contributed by atoms with Crippen LogP contribution in [0.5, 0.6) is 0 Å². The molecule has 6 heteroatoms. The first kappa shape index (κ1) is 17.9. The number of anilines is 2. The van der Waals surface area contributed by atoms with Gasteiger partial charge in [-0.3, -0.25) is 4.79 Å². The summed E-state index contributed by atoms with van der Waals surface area (Å²) in [5.74, 6) is -0.140. The quantitative estimate of drug-likeness (QED) is 0.699. The van der Waals surface area contributed by atoms with E-state index in [1.54, 1.807) is 6.07 Å². The van der Waals surface area contributed by atoms with E-state index < -0.39 is 0 Å². The smallest absolute Gasteiger partial charge is 0.227 e. The number of hydrogen-bond donors (Lipinski definition) is 1. The highest BCUT2D eigenvalue weighted by Gasteiger charge is 2.26. The van der Waals surface area contributed by atoms with Gasteiger partial charge in [0, 0.05) is 24.7 Å². The monoisotopic (exact) mass is 383 g/mol. The summed E-state index contributed by atoms with van der Waals surface area (Å²) in [6.07, 6.45) is 1.59. The van der Waals surface area contributed by atoms with Crippen LogP contribution in [0.3, 0.4) is 0 Å². The van der Waals surface area contributed by atoms with Crippen molar-refractivity contribution >= 4 is 38.3 Å². The molecule has 1 aromatic heterocycles. The molecule has 3 aromatic rings.